The van der Waals surface area contributed by atoms with Gasteiger partial charge in [-0.2, -0.15) is 0 Å². The van der Waals surface area contributed by atoms with Crippen LogP contribution in [0.3, 0.4) is 0 Å². The lowest BCUT2D eigenvalue weighted by molar-refractivity contribution is -0.147. The number of rotatable bonds is 7. The smallest absolute Gasteiger partial charge is 0.310 e. The molecule has 0 radical (unpaired) electrons. The highest BCUT2D eigenvalue weighted by Crippen LogP contribution is 2.60. The number of nitrogens with zero attached hydrogens (tertiary/aromatic N) is 1. The van der Waals surface area contributed by atoms with Gasteiger partial charge in [-0.3, -0.25) is 4.79 Å². The Morgan fingerprint density at radius 1 is 1.03 bits per heavy atom. The first-order chi connectivity index (χ1) is 15.3. The van der Waals surface area contributed by atoms with Crippen LogP contribution in [-0.2, 0) is 16.1 Å². The number of allylic oxidation sites excluding steroid dienone is 1. The molecule has 0 spiro atoms. The highest BCUT2D eigenvalue weighted by Gasteiger charge is 2.61. The molecule has 0 amide bonds. The van der Waals surface area contributed by atoms with Gasteiger partial charge in [0.25, 0.3) is 0 Å². The SMILES string of the molecule is CC1(C)[C@@H](/C=C(\Cl)c2ccc(Cl)cc2)[C@@H]1C(=O)OCc1cccc(Oc2ccccc2)n1. The van der Waals surface area contributed by atoms with Crippen LogP contribution in [0.2, 0.25) is 5.02 Å². The predicted molar refractivity (Wildman–Crippen MR) is 127 cm³/mol. The highest BCUT2D eigenvalue weighted by molar-refractivity contribution is 6.48. The first kappa shape index (κ1) is 22.4. The van der Waals surface area contributed by atoms with Crippen LogP contribution in [0.25, 0.3) is 5.03 Å². The molecule has 32 heavy (non-hydrogen) atoms. The zero-order chi connectivity index (χ0) is 22.7. The van der Waals surface area contributed by atoms with Crippen molar-refractivity contribution in [3.63, 3.8) is 0 Å². The minimum absolute atomic E-state index is 0.00103. The standard InChI is InChI=1S/C26H23Cl2NO3/c1-26(2)21(15-22(28)17-11-13-18(27)14-12-17)24(26)25(30)31-16-19-7-6-10-23(29-19)32-20-8-4-3-5-9-20/h3-15,21,24H,16H2,1-2H3/b22-15-/t21-,24+/m0/s1. The van der Waals surface area contributed by atoms with Gasteiger partial charge in [-0.25, -0.2) is 4.98 Å². The van der Waals surface area contributed by atoms with E-state index < -0.39 is 0 Å². The molecule has 6 heteroatoms. The van der Waals surface area contributed by atoms with Gasteiger partial charge in [0.1, 0.15) is 12.4 Å². The summed E-state index contributed by atoms with van der Waals surface area (Å²) in [7, 11) is 0. The van der Waals surface area contributed by atoms with E-state index in [0.717, 1.165) is 5.56 Å². The van der Waals surface area contributed by atoms with Gasteiger partial charge in [-0.1, -0.05) is 79.5 Å². The second-order valence-corrected chi connectivity index (χ2v) is 9.18. The largest absolute Gasteiger partial charge is 0.459 e. The molecule has 164 valence electrons. The van der Waals surface area contributed by atoms with Gasteiger partial charge in [0, 0.05) is 16.1 Å². The summed E-state index contributed by atoms with van der Waals surface area (Å²) in [5.41, 5.74) is 1.26. The molecule has 1 saturated carbocycles. The average Bonchev–Trinajstić information content (AvgIpc) is 3.33. The topological polar surface area (TPSA) is 48.4 Å². The maximum absolute atomic E-state index is 12.8. The molecule has 2 atom stereocenters. The van der Waals surface area contributed by atoms with Crippen LogP contribution >= 0.6 is 23.2 Å². The van der Waals surface area contributed by atoms with Crippen molar-refractivity contribution >= 4 is 34.2 Å². The number of aromatic nitrogens is 1. The van der Waals surface area contributed by atoms with Crippen molar-refractivity contribution in [1.29, 1.82) is 0 Å². The van der Waals surface area contributed by atoms with Crippen LogP contribution in [0.1, 0.15) is 25.1 Å². The quantitative estimate of drug-likeness (QED) is 0.347. The molecule has 4 nitrogen and oxygen atoms in total. The molecule has 1 fully saturated rings. The molecule has 1 aliphatic rings. The maximum atomic E-state index is 12.8. The minimum atomic E-state index is -0.257. The Hall–Kier alpha value is -2.82. The number of para-hydroxylation sites is 1. The maximum Gasteiger partial charge on any atom is 0.310 e. The third-order valence-electron chi connectivity index (χ3n) is 5.72. The second-order valence-electron chi connectivity index (χ2n) is 8.34. The lowest BCUT2D eigenvalue weighted by Gasteiger charge is -2.08. The van der Waals surface area contributed by atoms with Crippen LogP contribution in [-0.4, -0.2) is 11.0 Å². The van der Waals surface area contributed by atoms with E-state index in [4.69, 9.17) is 32.7 Å². The van der Waals surface area contributed by atoms with E-state index in [1.807, 2.05) is 68.5 Å². The fraction of sp³-hybridized carbons (Fsp3) is 0.231. The van der Waals surface area contributed by atoms with Crippen molar-refractivity contribution in [2.24, 2.45) is 17.3 Å². The summed E-state index contributed by atoms with van der Waals surface area (Å²) >= 11 is 12.4. The molecule has 1 aromatic heterocycles. The number of carbonyl (C=O) groups excluding carboxylic acids is 1. The van der Waals surface area contributed by atoms with E-state index in [-0.39, 0.29) is 29.8 Å². The Labute approximate surface area is 197 Å². The zero-order valence-electron chi connectivity index (χ0n) is 17.8. The summed E-state index contributed by atoms with van der Waals surface area (Å²) in [6, 6.07) is 22.1. The molecular formula is C26H23Cl2NO3. The summed E-state index contributed by atoms with van der Waals surface area (Å²) in [5, 5.41) is 1.25. The van der Waals surface area contributed by atoms with Crippen LogP contribution < -0.4 is 4.74 Å². The third kappa shape index (κ3) is 5.14. The summed E-state index contributed by atoms with van der Waals surface area (Å²) in [6.45, 7) is 4.16. The monoisotopic (exact) mass is 467 g/mol. The molecule has 0 bridgehead atoms. The molecule has 0 aliphatic heterocycles. The van der Waals surface area contributed by atoms with Crippen molar-refractivity contribution < 1.29 is 14.3 Å². The highest BCUT2D eigenvalue weighted by atomic mass is 35.5. The van der Waals surface area contributed by atoms with Crippen molar-refractivity contribution in [2.45, 2.75) is 20.5 Å². The molecule has 2 aromatic carbocycles. The summed E-state index contributed by atoms with van der Waals surface area (Å²) in [6.07, 6.45) is 1.93. The van der Waals surface area contributed by atoms with E-state index in [1.54, 1.807) is 24.3 Å². The number of benzene rings is 2. The minimum Gasteiger partial charge on any atom is -0.459 e. The van der Waals surface area contributed by atoms with E-state index >= 15 is 0 Å². The van der Waals surface area contributed by atoms with Crippen LogP contribution in [0.5, 0.6) is 11.6 Å². The lowest BCUT2D eigenvalue weighted by atomic mass is 10.1. The Kier molecular flexibility index (Phi) is 6.54. The lowest BCUT2D eigenvalue weighted by Crippen LogP contribution is -2.11. The van der Waals surface area contributed by atoms with Gasteiger partial charge in [0.05, 0.1) is 11.6 Å². The van der Waals surface area contributed by atoms with Crippen molar-refractivity contribution in [2.75, 3.05) is 0 Å². The Morgan fingerprint density at radius 3 is 2.47 bits per heavy atom. The molecule has 4 rings (SSSR count). The number of halogens is 2. The summed E-state index contributed by atoms with van der Waals surface area (Å²) < 4.78 is 11.3. The number of pyridine rings is 1. The third-order valence-corrected chi connectivity index (χ3v) is 6.32. The molecule has 0 saturated heterocycles. The number of hydrogen-bond donors (Lipinski definition) is 0. The molecule has 3 aromatic rings. The van der Waals surface area contributed by atoms with Gasteiger partial charge in [0.2, 0.25) is 5.88 Å². The summed E-state index contributed by atoms with van der Waals surface area (Å²) in [5.74, 6) is 0.632. The molecular weight excluding hydrogens is 445 g/mol. The van der Waals surface area contributed by atoms with Crippen molar-refractivity contribution in [1.82, 2.24) is 4.98 Å². The molecule has 1 heterocycles. The van der Waals surface area contributed by atoms with E-state index in [1.165, 1.54) is 0 Å². The average molecular weight is 468 g/mol. The van der Waals surface area contributed by atoms with E-state index in [2.05, 4.69) is 4.98 Å². The molecule has 0 N–H and O–H groups in total. The second kappa shape index (κ2) is 9.35. The van der Waals surface area contributed by atoms with Gasteiger partial charge in [0.15, 0.2) is 0 Å². The fourth-order valence-electron chi connectivity index (χ4n) is 3.74. The fourth-order valence-corrected chi connectivity index (χ4v) is 4.13. The Morgan fingerprint density at radius 2 is 1.75 bits per heavy atom. The number of hydrogen-bond acceptors (Lipinski definition) is 4. The first-order valence-electron chi connectivity index (χ1n) is 10.3. The summed E-state index contributed by atoms with van der Waals surface area (Å²) in [4.78, 5) is 17.2. The van der Waals surface area contributed by atoms with Crippen LogP contribution in [0, 0.1) is 17.3 Å². The van der Waals surface area contributed by atoms with Crippen molar-refractivity contribution in [3.05, 3.63) is 95.2 Å². The van der Waals surface area contributed by atoms with E-state index in [0.29, 0.717) is 27.4 Å². The first-order valence-corrected chi connectivity index (χ1v) is 11.1. The Balaban J connectivity index is 1.37. The predicted octanol–water partition coefficient (Wildman–Crippen LogP) is 7.12. The Bertz CT molecular complexity index is 1130. The zero-order valence-corrected chi connectivity index (χ0v) is 19.3. The van der Waals surface area contributed by atoms with Crippen LogP contribution in [0.15, 0.2) is 78.9 Å². The van der Waals surface area contributed by atoms with Gasteiger partial charge < -0.3 is 9.47 Å². The molecule has 1 aliphatic carbocycles. The van der Waals surface area contributed by atoms with Gasteiger partial charge in [-0.15, -0.1) is 0 Å². The van der Waals surface area contributed by atoms with Gasteiger partial charge in [-0.05, 0) is 47.2 Å². The number of ether oxygens (including phenoxy) is 2. The number of esters is 1. The van der Waals surface area contributed by atoms with Gasteiger partial charge >= 0.3 is 5.97 Å². The normalized spacial score (nSPS) is 19.3. The van der Waals surface area contributed by atoms with E-state index in [9.17, 15) is 4.79 Å². The number of carbonyl (C=O) groups is 1. The van der Waals surface area contributed by atoms with Crippen LogP contribution in [0.4, 0.5) is 0 Å². The molecule has 0 unspecified atom stereocenters. The van der Waals surface area contributed by atoms with Crippen molar-refractivity contribution in [3.8, 4) is 11.6 Å².